The molecule has 1 amide bonds. The number of hydrogen-bond donors (Lipinski definition) is 5. The minimum absolute atomic E-state index is 0.0185. The number of fused-ring (bicyclic) bond motifs is 2. The second-order valence-electron chi connectivity index (χ2n) is 15.6. The Labute approximate surface area is 330 Å². The predicted molar refractivity (Wildman–Crippen MR) is 213 cm³/mol. The number of anilines is 1. The highest BCUT2D eigenvalue weighted by Gasteiger charge is 2.50. The molecule has 6 rings (SSSR count). The summed E-state index contributed by atoms with van der Waals surface area (Å²) in [5, 5.41) is 49.4. The van der Waals surface area contributed by atoms with Crippen LogP contribution in [0.5, 0.6) is 17.2 Å². The van der Waals surface area contributed by atoms with Gasteiger partial charge in [-0.15, -0.1) is 0 Å². The van der Waals surface area contributed by atoms with Crippen LogP contribution >= 0.6 is 0 Å². The van der Waals surface area contributed by atoms with E-state index in [1.165, 1.54) is 40.2 Å². The van der Waals surface area contributed by atoms with Crippen LogP contribution in [0.1, 0.15) is 70.0 Å². The summed E-state index contributed by atoms with van der Waals surface area (Å²) in [5.74, 6) is -6.96. The van der Waals surface area contributed by atoms with Gasteiger partial charge in [0.15, 0.2) is 5.75 Å². The fourth-order valence-corrected chi connectivity index (χ4v) is 8.03. The average Bonchev–Trinajstić information content (AvgIpc) is 3.67. The van der Waals surface area contributed by atoms with Crippen LogP contribution in [0.15, 0.2) is 54.5 Å². The number of aromatic nitrogens is 2. The highest BCUT2D eigenvalue weighted by atomic mass is 16.7. The van der Waals surface area contributed by atoms with Crippen LogP contribution in [0.2, 0.25) is 0 Å². The number of benzene rings is 2. The maximum Gasteiger partial charge on any atom is 0.312 e. The molecule has 0 spiro atoms. The molecule has 4 heterocycles. The minimum atomic E-state index is -1.96. The van der Waals surface area contributed by atoms with E-state index in [0.29, 0.717) is 5.65 Å². The summed E-state index contributed by atoms with van der Waals surface area (Å²) in [6.45, 7) is 14.7. The molecule has 304 valence electrons. The van der Waals surface area contributed by atoms with E-state index in [1.807, 2.05) is 19.1 Å². The van der Waals surface area contributed by atoms with Gasteiger partial charge in [-0.05, 0) is 44.5 Å². The number of phenolic OH excluding ortho intramolecular Hbond substituents is 2. The fourth-order valence-electron chi connectivity index (χ4n) is 8.03. The standard InChI is InChI=1S/C43H51N3O11/c1-19-14-16-46-28(18-19)44-32-29-30-37(50)25(7)40-31(29)41(52)43(9,57-40)55-17-15-27(54-10)22(4)39(56-26(8)47)24(6)36(49)23(5)35(48)20(2)12-11-13-21(3)42(53)45-33(34(32)46)38(30)51/h11-18,20,22-24,27,35-36,39,48-51H,1-10H3,(H,45,53)/t20-,22-,23+,24+,27+,35-,36+,39+,43-/m0/s1. The van der Waals surface area contributed by atoms with E-state index in [1.54, 1.807) is 63.4 Å². The van der Waals surface area contributed by atoms with Gasteiger partial charge in [-0.1, -0.05) is 45.9 Å². The summed E-state index contributed by atoms with van der Waals surface area (Å²) in [5.41, 5.74) is 2.18. The number of carbonyl (C=O) groups is 3. The Hall–Kier alpha value is -5.44. The van der Waals surface area contributed by atoms with Crippen molar-refractivity contribution in [1.29, 1.82) is 0 Å². The van der Waals surface area contributed by atoms with E-state index in [2.05, 4.69) is 5.32 Å². The third-order valence-electron chi connectivity index (χ3n) is 11.5. The lowest BCUT2D eigenvalue weighted by atomic mass is 9.78. The third-order valence-corrected chi connectivity index (χ3v) is 11.5. The zero-order chi connectivity index (χ0) is 41.8. The summed E-state index contributed by atoms with van der Waals surface area (Å²) in [4.78, 5) is 45.6. The smallest absolute Gasteiger partial charge is 0.312 e. The van der Waals surface area contributed by atoms with Crippen LogP contribution in [0.25, 0.3) is 27.5 Å². The Morgan fingerprint density at radius 2 is 1.68 bits per heavy atom. The number of allylic oxidation sites excluding steroid dienone is 2. The Kier molecular flexibility index (Phi) is 11.2. The molecule has 0 unspecified atom stereocenters. The highest BCUT2D eigenvalue weighted by molar-refractivity contribution is 6.28. The number of amides is 1. The molecule has 0 fully saturated rings. The number of esters is 1. The van der Waals surface area contributed by atoms with E-state index >= 15 is 0 Å². The Morgan fingerprint density at radius 3 is 2.35 bits per heavy atom. The first-order valence-electron chi connectivity index (χ1n) is 19.0. The molecular weight excluding hydrogens is 734 g/mol. The Bertz CT molecular complexity index is 2380. The van der Waals surface area contributed by atoms with Crippen molar-refractivity contribution in [1.82, 2.24) is 9.38 Å². The molecule has 2 aromatic carbocycles. The van der Waals surface area contributed by atoms with E-state index < -0.39 is 77.3 Å². The monoisotopic (exact) mass is 785 g/mol. The molecule has 0 radical (unpaired) electrons. The molecule has 9 atom stereocenters. The largest absolute Gasteiger partial charge is 0.507 e. The number of nitrogens with one attached hydrogen (secondary N) is 1. The predicted octanol–water partition coefficient (Wildman–Crippen LogP) is 6.16. The van der Waals surface area contributed by atoms with Crippen molar-refractivity contribution in [2.24, 2.45) is 23.7 Å². The van der Waals surface area contributed by atoms with Crippen molar-refractivity contribution in [3.05, 3.63) is 71.2 Å². The second kappa shape index (κ2) is 15.5. The first-order chi connectivity index (χ1) is 26.8. The molecule has 57 heavy (non-hydrogen) atoms. The number of methoxy groups -OCH3 is 1. The topological polar surface area (TPSA) is 198 Å². The zero-order valence-corrected chi connectivity index (χ0v) is 33.8. The number of aromatic hydroxyl groups is 2. The van der Waals surface area contributed by atoms with Crippen LogP contribution in [-0.4, -0.2) is 84.8 Å². The highest BCUT2D eigenvalue weighted by Crippen LogP contribution is 2.54. The molecule has 4 aromatic rings. The van der Waals surface area contributed by atoms with E-state index in [9.17, 15) is 34.8 Å². The van der Waals surface area contributed by atoms with Gasteiger partial charge in [-0.2, -0.15) is 0 Å². The number of ether oxygens (including phenoxy) is 4. The molecule has 5 N–H and O–H groups in total. The van der Waals surface area contributed by atoms with Gasteiger partial charge in [0.1, 0.15) is 40.0 Å². The number of aryl methyl sites for hydroxylation is 1. The van der Waals surface area contributed by atoms with Gasteiger partial charge in [0.2, 0.25) is 0 Å². The zero-order valence-electron chi connectivity index (χ0n) is 33.8. The SMILES string of the molecule is CO[C@@H]1C=CO[C@@]2(C)Oc3c(C)c(O)c4c(O)c(c5c(nc6cc(C)ccn65)c4c3C2=O)NC(=O)C(C)=CC=C[C@H](C)[C@H](O)[C@@H](C)[C@@H](O)[C@@H](C)[C@H](OC(C)=O)[C@H]1C. The number of phenols is 2. The van der Waals surface area contributed by atoms with Crippen LogP contribution in [0.3, 0.4) is 0 Å². The summed E-state index contributed by atoms with van der Waals surface area (Å²) in [6, 6.07) is 3.64. The maximum absolute atomic E-state index is 14.6. The lowest BCUT2D eigenvalue weighted by Crippen LogP contribution is -2.46. The molecule has 0 aliphatic carbocycles. The van der Waals surface area contributed by atoms with Crippen molar-refractivity contribution in [2.45, 2.75) is 92.5 Å². The molecular formula is C43H51N3O11. The van der Waals surface area contributed by atoms with Crippen LogP contribution in [0, 0.1) is 37.5 Å². The first kappa shape index (κ1) is 41.2. The van der Waals surface area contributed by atoms with Gasteiger partial charge in [-0.3, -0.25) is 18.8 Å². The number of pyridine rings is 1. The first-order valence-corrected chi connectivity index (χ1v) is 19.0. The molecule has 0 saturated carbocycles. The molecule has 14 heteroatoms. The van der Waals surface area contributed by atoms with Gasteiger partial charge < -0.3 is 44.7 Å². The lowest BCUT2D eigenvalue weighted by molar-refractivity contribution is -0.160. The summed E-state index contributed by atoms with van der Waals surface area (Å²) in [7, 11) is 1.46. The number of hydrogen-bond acceptors (Lipinski definition) is 12. The quantitative estimate of drug-likeness (QED) is 0.115. The maximum atomic E-state index is 14.6. The Morgan fingerprint density at radius 1 is 0.982 bits per heavy atom. The van der Waals surface area contributed by atoms with Gasteiger partial charge >= 0.3 is 11.8 Å². The molecule has 2 aromatic heterocycles. The van der Waals surface area contributed by atoms with E-state index in [0.717, 1.165) is 5.56 Å². The molecule has 2 aliphatic rings. The average molecular weight is 786 g/mol. The van der Waals surface area contributed by atoms with Crippen molar-refractivity contribution in [3.8, 4) is 17.2 Å². The van der Waals surface area contributed by atoms with Crippen molar-refractivity contribution in [2.75, 3.05) is 12.4 Å². The summed E-state index contributed by atoms with van der Waals surface area (Å²) < 4.78 is 25.5. The summed E-state index contributed by atoms with van der Waals surface area (Å²) in [6.07, 6.45) is 5.62. The van der Waals surface area contributed by atoms with Crippen LogP contribution in [0.4, 0.5) is 5.69 Å². The number of rotatable bonds is 2. The molecule has 2 aliphatic heterocycles. The second-order valence-corrected chi connectivity index (χ2v) is 15.6. The van der Waals surface area contributed by atoms with Crippen LogP contribution < -0.4 is 10.1 Å². The van der Waals surface area contributed by atoms with Gasteiger partial charge in [0, 0.05) is 67.3 Å². The number of aliphatic hydroxyl groups is 2. The lowest BCUT2D eigenvalue weighted by Gasteiger charge is -2.38. The fraction of sp³-hybridized carbons (Fsp3) is 0.442. The van der Waals surface area contributed by atoms with Gasteiger partial charge in [0.25, 0.3) is 11.7 Å². The number of Topliss-reactive ketones (excluding diaryl/α,β-unsaturated/α-hetero) is 1. The number of aliphatic hydroxyl groups excluding tert-OH is 2. The molecule has 0 saturated heterocycles. The number of imidazole rings is 1. The minimum Gasteiger partial charge on any atom is -0.507 e. The Balaban J connectivity index is 1.58. The van der Waals surface area contributed by atoms with Crippen molar-refractivity contribution < 1.29 is 53.8 Å². The molecule has 4 bridgehead atoms. The van der Waals surface area contributed by atoms with E-state index in [-0.39, 0.29) is 55.7 Å². The van der Waals surface area contributed by atoms with Gasteiger partial charge in [0.05, 0.1) is 35.5 Å². The molecule has 14 nitrogen and oxygen atoms in total. The number of ketones is 1. The van der Waals surface area contributed by atoms with Crippen molar-refractivity contribution in [3.63, 3.8) is 0 Å². The van der Waals surface area contributed by atoms with Crippen molar-refractivity contribution >= 4 is 50.8 Å². The number of nitrogens with zero attached hydrogens (tertiary/aromatic N) is 2. The van der Waals surface area contributed by atoms with Crippen LogP contribution in [-0.2, 0) is 23.8 Å². The summed E-state index contributed by atoms with van der Waals surface area (Å²) >= 11 is 0. The third kappa shape index (κ3) is 7.10. The number of carbonyl (C=O) groups excluding carboxylic acids is 3. The van der Waals surface area contributed by atoms with E-state index in [4.69, 9.17) is 23.9 Å². The normalized spacial score (nSPS) is 28.8. The van der Waals surface area contributed by atoms with Gasteiger partial charge in [-0.25, -0.2) is 4.98 Å².